The molecule has 0 amide bonds. The van der Waals surface area contributed by atoms with E-state index in [4.69, 9.17) is 9.47 Å². The summed E-state index contributed by atoms with van der Waals surface area (Å²) in [6, 6.07) is 10.0. The first kappa shape index (κ1) is 14.3. The Labute approximate surface area is 135 Å². The van der Waals surface area contributed by atoms with Gasteiger partial charge in [-0.2, -0.15) is 8.78 Å². The standard InChI is InChI=1S/C17H13BrF2O2/c1-16(21-6-7-22-16)10-2-4-12-13-5-3-11(18)9-15(13)17(19,20)14(12)8-10/h2-5,8-9H,6-7H2,1H3. The lowest BCUT2D eigenvalue weighted by molar-refractivity contribution is -0.149. The number of halogens is 3. The van der Waals surface area contributed by atoms with E-state index in [1.807, 2.05) is 0 Å². The van der Waals surface area contributed by atoms with Crippen LogP contribution in [-0.4, -0.2) is 13.2 Å². The van der Waals surface area contributed by atoms with Gasteiger partial charge in [-0.3, -0.25) is 0 Å². The number of hydrogen-bond donors (Lipinski definition) is 0. The van der Waals surface area contributed by atoms with Crippen LogP contribution in [0.25, 0.3) is 11.1 Å². The Morgan fingerprint density at radius 2 is 1.55 bits per heavy atom. The van der Waals surface area contributed by atoms with Crippen molar-refractivity contribution in [3.63, 3.8) is 0 Å². The molecule has 2 nitrogen and oxygen atoms in total. The van der Waals surface area contributed by atoms with E-state index >= 15 is 0 Å². The lowest BCUT2D eigenvalue weighted by Gasteiger charge is -2.24. The molecular formula is C17H13BrF2O2. The molecule has 1 aliphatic carbocycles. The molecule has 1 aliphatic heterocycles. The van der Waals surface area contributed by atoms with Crippen LogP contribution in [0.1, 0.15) is 23.6 Å². The van der Waals surface area contributed by atoms with E-state index < -0.39 is 11.7 Å². The van der Waals surface area contributed by atoms with Crippen LogP contribution in [0.5, 0.6) is 0 Å². The van der Waals surface area contributed by atoms with Gasteiger partial charge in [0.15, 0.2) is 5.79 Å². The van der Waals surface area contributed by atoms with Crippen LogP contribution in [0.4, 0.5) is 8.78 Å². The number of hydrogen-bond acceptors (Lipinski definition) is 2. The van der Waals surface area contributed by atoms with E-state index in [-0.39, 0.29) is 11.1 Å². The summed E-state index contributed by atoms with van der Waals surface area (Å²) in [7, 11) is 0. The van der Waals surface area contributed by atoms with Crippen molar-refractivity contribution in [3.05, 3.63) is 57.6 Å². The van der Waals surface area contributed by atoms with Gasteiger partial charge in [0.2, 0.25) is 0 Å². The van der Waals surface area contributed by atoms with Gasteiger partial charge in [0.05, 0.1) is 13.2 Å². The van der Waals surface area contributed by atoms with Crippen molar-refractivity contribution in [2.75, 3.05) is 13.2 Å². The molecule has 0 bridgehead atoms. The minimum absolute atomic E-state index is 0.0124. The number of benzene rings is 2. The fourth-order valence-corrected chi connectivity index (χ4v) is 3.52. The maximum Gasteiger partial charge on any atom is 0.299 e. The van der Waals surface area contributed by atoms with Crippen LogP contribution < -0.4 is 0 Å². The first-order valence-corrected chi connectivity index (χ1v) is 7.82. The topological polar surface area (TPSA) is 18.5 Å². The Bertz CT molecular complexity index is 767. The van der Waals surface area contributed by atoms with Gasteiger partial charge >= 0.3 is 0 Å². The van der Waals surface area contributed by atoms with Crippen molar-refractivity contribution in [3.8, 4) is 11.1 Å². The van der Waals surface area contributed by atoms with E-state index in [9.17, 15) is 8.78 Å². The summed E-state index contributed by atoms with van der Waals surface area (Å²) in [5, 5.41) is 0. The SMILES string of the molecule is CC1(c2ccc3c(c2)C(F)(F)c2cc(Br)ccc2-3)OCCO1. The molecule has 1 fully saturated rings. The lowest BCUT2D eigenvalue weighted by atomic mass is 9.99. The molecule has 114 valence electrons. The van der Waals surface area contributed by atoms with Crippen molar-refractivity contribution in [2.24, 2.45) is 0 Å². The summed E-state index contributed by atoms with van der Waals surface area (Å²) in [5.74, 6) is -3.96. The molecular weight excluding hydrogens is 354 g/mol. The Morgan fingerprint density at radius 1 is 0.955 bits per heavy atom. The summed E-state index contributed by atoms with van der Waals surface area (Å²) in [6.45, 7) is 2.70. The second-order valence-corrected chi connectivity index (χ2v) is 6.58. The molecule has 2 aromatic carbocycles. The Hall–Kier alpha value is -1.30. The average molecular weight is 367 g/mol. The molecule has 0 unspecified atom stereocenters. The van der Waals surface area contributed by atoms with Crippen molar-refractivity contribution >= 4 is 15.9 Å². The fraction of sp³-hybridized carbons (Fsp3) is 0.294. The zero-order valence-corrected chi connectivity index (χ0v) is 13.4. The van der Waals surface area contributed by atoms with E-state index in [0.717, 1.165) is 0 Å². The van der Waals surface area contributed by atoms with Crippen LogP contribution in [-0.2, 0) is 21.2 Å². The third-order valence-electron chi connectivity index (χ3n) is 4.33. The van der Waals surface area contributed by atoms with Gasteiger partial charge in [0.1, 0.15) is 0 Å². The first-order valence-electron chi connectivity index (χ1n) is 7.03. The van der Waals surface area contributed by atoms with Gasteiger partial charge in [0.25, 0.3) is 5.92 Å². The second-order valence-electron chi connectivity index (χ2n) is 5.67. The Kier molecular flexibility index (Phi) is 2.99. The van der Waals surface area contributed by atoms with Crippen LogP contribution in [0, 0.1) is 0 Å². The Balaban J connectivity index is 1.89. The van der Waals surface area contributed by atoms with Crippen molar-refractivity contribution < 1.29 is 18.3 Å². The predicted molar refractivity (Wildman–Crippen MR) is 81.8 cm³/mol. The third kappa shape index (κ3) is 1.89. The number of alkyl halides is 2. The summed E-state index contributed by atoms with van der Waals surface area (Å²) in [5.41, 5.74) is 1.81. The molecule has 0 atom stereocenters. The third-order valence-corrected chi connectivity index (χ3v) is 4.82. The first-order chi connectivity index (χ1) is 10.4. The predicted octanol–water partition coefficient (Wildman–Crippen LogP) is 4.79. The smallest absolute Gasteiger partial charge is 0.299 e. The van der Waals surface area contributed by atoms with Gasteiger partial charge in [-0.1, -0.05) is 34.1 Å². The number of rotatable bonds is 1. The largest absolute Gasteiger partial charge is 0.344 e. The fourth-order valence-electron chi connectivity index (χ4n) is 3.16. The highest BCUT2D eigenvalue weighted by molar-refractivity contribution is 9.10. The van der Waals surface area contributed by atoms with E-state index in [2.05, 4.69) is 15.9 Å². The monoisotopic (exact) mass is 366 g/mol. The molecule has 1 heterocycles. The van der Waals surface area contributed by atoms with Crippen LogP contribution >= 0.6 is 15.9 Å². The molecule has 4 rings (SSSR count). The summed E-state index contributed by atoms with van der Waals surface area (Å²) < 4.78 is 41.4. The van der Waals surface area contributed by atoms with Crippen LogP contribution in [0.2, 0.25) is 0 Å². The molecule has 0 spiro atoms. The van der Waals surface area contributed by atoms with Crippen molar-refractivity contribution in [1.82, 2.24) is 0 Å². The van der Waals surface area contributed by atoms with Gasteiger partial charge in [-0.25, -0.2) is 0 Å². The maximum atomic E-state index is 14.8. The molecule has 5 heteroatoms. The number of fused-ring (bicyclic) bond motifs is 3. The molecule has 22 heavy (non-hydrogen) atoms. The average Bonchev–Trinajstić information content (AvgIpc) is 3.02. The highest BCUT2D eigenvalue weighted by atomic mass is 79.9. The maximum absolute atomic E-state index is 14.8. The normalized spacial score (nSPS) is 20.7. The molecule has 2 aliphatic rings. The minimum Gasteiger partial charge on any atom is -0.344 e. The van der Waals surface area contributed by atoms with Gasteiger partial charge in [0, 0.05) is 21.2 Å². The zero-order chi connectivity index (χ0) is 15.5. The van der Waals surface area contributed by atoms with E-state index in [1.54, 1.807) is 31.2 Å². The molecule has 1 saturated heterocycles. The van der Waals surface area contributed by atoms with E-state index in [0.29, 0.717) is 34.4 Å². The summed E-state index contributed by atoms with van der Waals surface area (Å²) in [6.07, 6.45) is 0. The quantitative estimate of drug-likeness (QED) is 0.722. The number of ether oxygens (including phenoxy) is 2. The highest BCUT2D eigenvalue weighted by Gasteiger charge is 2.46. The minimum atomic E-state index is -3.01. The summed E-state index contributed by atoms with van der Waals surface area (Å²) >= 11 is 3.26. The van der Waals surface area contributed by atoms with Gasteiger partial charge in [-0.15, -0.1) is 0 Å². The van der Waals surface area contributed by atoms with Crippen LogP contribution in [0.3, 0.4) is 0 Å². The molecule has 2 aromatic rings. The lowest BCUT2D eigenvalue weighted by Crippen LogP contribution is -2.23. The van der Waals surface area contributed by atoms with E-state index in [1.165, 1.54) is 12.1 Å². The van der Waals surface area contributed by atoms with Crippen LogP contribution in [0.15, 0.2) is 40.9 Å². The van der Waals surface area contributed by atoms with Gasteiger partial charge in [-0.05, 0) is 36.2 Å². The Morgan fingerprint density at radius 3 is 2.23 bits per heavy atom. The molecule has 0 N–H and O–H groups in total. The van der Waals surface area contributed by atoms with Gasteiger partial charge < -0.3 is 9.47 Å². The second kappa shape index (κ2) is 4.60. The van der Waals surface area contributed by atoms with Crippen molar-refractivity contribution in [1.29, 1.82) is 0 Å². The molecule has 0 radical (unpaired) electrons. The highest BCUT2D eigenvalue weighted by Crippen LogP contribution is 2.52. The molecule has 0 aromatic heterocycles. The van der Waals surface area contributed by atoms with Crippen molar-refractivity contribution in [2.45, 2.75) is 18.6 Å². The summed E-state index contributed by atoms with van der Waals surface area (Å²) in [4.78, 5) is 0. The zero-order valence-electron chi connectivity index (χ0n) is 11.8. The molecule has 0 saturated carbocycles.